The average Bonchev–Trinajstić information content (AvgIpc) is 2.94. The van der Waals surface area contributed by atoms with Crippen molar-refractivity contribution in [2.75, 3.05) is 0 Å². The summed E-state index contributed by atoms with van der Waals surface area (Å²) in [5.41, 5.74) is 1.05. The number of aromatic nitrogens is 2. The second-order valence-corrected chi connectivity index (χ2v) is 5.59. The summed E-state index contributed by atoms with van der Waals surface area (Å²) in [6.45, 7) is 0. The predicted octanol–water partition coefficient (Wildman–Crippen LogP) is 1.69. The first-order valence-corrected chi connectivity index (χ1v) is 6.58. The number of hydrogen-bond acceptors (Lipinski definition) is 5. The molecule has 1 aliphatic carbocycles. The molecule has 0 amide bonds. The van der Waals surface area contributed by atoms with Crippen LogP contribution in [0.3, 0.4) is 0 Å². The number of thiophene rings is 1. The molecule has 0 aromatic carbocycles. The van der Waals surface area contributed by atoms with Gasteiger partial charge in [0.1, 0.15) is 17.4 Å². The maximum Gasteiger partial charge on any atom is 0.259 e. The van der Waals surface area contributed by atoms with E-state index in [1.54, 1.807) is 23.9 Å². The number of fused-ring (bicyclic) bond motifs is 3. The van der Waals surface area contributed by atoms with Gasteiger partial charge in [0.05, 0.1) is 18.1 Å². The van der Waals surface area contributed by atoms with Crippen molar-refractivity contribution in [3.05, 3.63) is 39.6 Å². The zero-order valence-corrected chi connectivity index (χ0v) is 10.3. The van der Waals surface area contributed by atoms with E-state index < -0.39 is 5.79 Å². The Labute approximate surface area is 106 Å². The molecule has 4 rings (SSSR count). The number of hydrogen-bond donors (Lipinski definition) is 1. The number of H-pyrrole nitrogens is 1. The van der Waals surface area contributed by atoms with Crippen molar-refractivity contribution >= 4 is 21.6 Å². The van der Waals surface area contributed by atoms with Crippen LogP contribution in [-0.2, 0) is 22.3 Å². The van der Waals surface area contributed by atoms with Gasteiger partial charge in [0, 0.05) is 11.3 Å². The number of aromatic amines is 1. The molecule has 0 unspecified atom stereocenters. The lowest BCUT2D eigenvalue weighted by molar-refractivity contribution is -0.147. The van der Waals surface area contributed by atoms with E-state index in [1.807, 2.05) is 0 Å². The number of ether oxygens (including phenoxy) is 2. The Kier molecular flexibility index (Phi) is 1.89. The molecule has 18 heavy (non-hydrogen) atoms. The summed E-state index contributed by atoms with van der Waals surface area (Å²) in [5.74, 6) is -0.555. The summed E-state index contributed by atoms with van der Waals surface area (Å²) >= 11 is 1.56. The average molecular weight is 262 g/mol. The van der Waals surface area contributed by atoms with Crippen LogP contribution in [-0.4, -0.2) is 15.8 Å². The van der Waals surface area contributed by atoms with Crippen molar-refractivity contribution in [1.29, 1.82) is 0 Å². The second-order valence-electron chi connectivity index (χ2n) is 4.51. The van der Waals surface area contributed by atoms with Gasteiger partial charge in [-0.25, -0.2) is 4.98 Å². The van der Waals surface area contributed by atoms with Gasteiger partial charge in [0.25, 0.3) is 11.3 Å². The normalized spacial score (nSPS) is 19.8. The van der Waals surface area contributed by atoms with Gasteiger partial charge in [-0.3, -0.25) is 4.79 Å². The molecule has 2 aliphatic rings. The second kappa shape index (κ2) is 3.35. The quantitative estimate of drug-likeness (QED) is 0.784. The summed E-state index contributed by atoms with van der Waals surface area (Å²) in [7, 11) is 0. The van der Waals surface area contributed by atoms with Crippen molar-refractivity contribution in [3.63, 3.8) is 0 Å². The van der Waals surface area contributed by atoms with E-state index >= 15 is 0 Å². The Morgan fingerprint density at radius 2 is 2.22 bits per heavy atom. The lowest BCUT2D eigenvalue weighted by atomic mass is 9.92. The maximum atomic E-state index is 11.9. The Hall–Kier alpha value is -1.82. The molecule has 0 fully saturated rings. The van der Waals surface area contributed by atoms with Crippen LogP contribution in [0.4, 0.5) is 0 Å². The van der Waals surface area contributed by atoms with Crippen LogP contribution in [0.1, 0.15) is 16.9 Å². The zero-order valence-electron chi connectivity index (χ0n) is 9.43. The molecule has 2 aromatic heterocycles. The van der Waals surface area contributed by atoms with Crippen LogP contribution >= 0.6 is 11.3 Å². The Morgan fingerprint density at radius 1 is 1.39 bits per heavy atom. The molecule has 0 saturated heterocycles. The molecule has 6 heteroatoms. The van der Waals surface area contributed by atoms with Gasteiger partial charge in [-0.15, -0.1) is 11.3 Å². The molecule has 0 atom stereocenters. The van der Waals surface area contributed by atoms with Gasteiger partial charge in [0.2, 0.25) is 0 Å². The van der Waals surface area contributed by atoms with Crippen LogP contribution in [0.5, 0.6) is 0 Å². The van der Waals surface area contributed by atoms with E-state index in [4.69, 9.17) is 9.47 Å². The third-order valence-electron chi connectivity index (χ3n) is 3.48. The third-order valence-corrected chi connectivity index (χ3v) is 4.62. The van der Waals surface area contributed by atoms with Gasteiger partial charge in [0.15, 0.2) is 0 Å². The first kappa shape index (κ1) is 10.1. The number of nitrogens with one attached hydrogen (secondary N) is 1. The number of nitrogens with zero attached hydrogens (tertiary/aromatic N) is 1. The molecule has 92 valence electrons. The van der Waals surface area contributed by atoms with Crippen molar-refractivity contribution in [3.8, 4) is 0 Å². The molecule has 0 bridgehead atoms. The fourth-order valence-corrected chi connectivity index (χ4v) is 3.91. The lowest BCUT2D eigenvalue weighted by Crippen LogP contribution is -2.36. The lowest BCUT2D eigenvalue weighted by Gasteiger charge is -2.31. The molecule has 0 radical (unpaired) electrons. The third kappa shape index (κ3) is 1.26. The Morgan fingerprint density at radius 3 is 3.06 bits per heavy atom. The van der Waals surface area contributed by atoms with Gasteiger partial charge in [-0.2, -0.15) is 0 Å². The van der Waals surface area contributed by atoms with Crippen LogP contribution in [0.2, 0.25) is 0 Å². The van der Waals surface area contributed by atoms with E-state index in [0.717, 1.165) is 33.5 Å². The molecule has 1 aliphatic heterocycles. The zero-order chi connectivity index (χ0) is 12.2. The highest BCUT2D eigenvalue weighted by molar-refractivity contribution is 7.18. The van der Waals surface area contributed by atoms with Gasteiger partial charge < -0.3 is 14.5 Å². The minimum absolute atomic E-state index is 0.0557. The molecule has 3 heterocycles. The molecule has 2 aromatic rings. The van der Waals surface area contributed by atoms with E-state index in [-0.39, 0.29) is 5.56 Å². The summed E-state index contributed by atoms with van der Waals surface area (Å²) in [4.78, 5) is 20.7. The van der Waals surface area contributed by atoms with Crippen molar-refractivity contribution in [2.24, 2.45) is 0 Å². The van der Waals surface area contributed by atoms with Crippen LogP contribution in [0, 0.1) is 0 Å². The van der Waals surface area contributed by atoms with Crippen LogP contribution in [0.15, 0.2) is 23.6 Å². The largest absolute Gasteiger partial charge is 0.456 e. The Balaban J connectivity index is 1.88. The fraction of sp³-hybridized carbons (Fsp3) is 0.333. The summed E-state index contributed by atoms with van der Waals surface area (Å²) in [6, 6.07) is 0. The van der Waals surface area contributed by atoms with Gasteiger partial charge >= 0.3 is 0 Å². The van der Waals surface area contributed by atoms with Crippen LogP contribution in [0.25, 0.3) is 10.2 Å². The summed E-state index contributed by atoms with van der Waals surface area (Å²) < 4.78 is 11.1. The van der Waals surface area contributed by atoms with E-state index in [0.29, 0.717) is 6.42 Å². The highest BCUT2D eigenvalue weighted by atomic mass is 32.1. The van der Waals surface area contributed by atoms with E-state index in [9.17, 15) is 4.79 Å². The minimum Gasteiger partial charge on any atom is -0.456 e. The fourth-order valence-electron chi connectivity index (χ4n) is 2.63. The van der Waals surface area contributed by atoms with Gasteiger partial charge in [-0.1, -0.05) is 0 Å². The maximum absolute atomic E-state index is 11.9. The van der Waals surface area contributed by atoms with Crippen LogP contribution < -0.4 is 5.56 Å². The molecular formula is C12H10N2O3S. The highest BCUT2D eigenvalue weighted by Crippen LogP contribution is 2.41. The SMILES string of the molecule is O=c1[nH]cnc2sc3c(c12)CCC1(C3)OC=CO1. The Bertz CT molecular complexity index is 708. The number of aryl methyl sites for hydroxylation is 1. The highest BCUT2D eigenvalue weighted by Gasteiger charge is 2.41. The van der Waals surface area contributed by atoms with Crippen molar-refractivity contribution < 1.29 is 9.47 Å². The predicted molar refractivity (Wildman–Crippen MR) is 66.3 cm³/mol. The van der Waals surface area contributed by atoms with Gasteiger partial charge in [-0.05, 0) is 12.0 Å². The molecule has 0 saturated carbocycles. The van der Waals surface area contributed by atoms with E-state index in [2.05, 4.69) is 9.97 Å². The van der Waals surface area contributed by atoms with Crippen molar-refractivity contribution in [1.82, 2.24) is 9.97 Å². The monoisotopic (exact) mass is 262 g/mol. The molecule has 1 N–H and O–H groups in total. The van der Waals surface area contributed by atoms with Crippen molar-refractivity contribution in [2.45, 2.75) is 25.0 Å². The molecule has 5 nitrogen and oxygen atoms in total. The number of rotatable bonds is 0. The molecular weight excluding hydrogens is 252 g/mol. The standard InChI is InChI=1S/C12H10N2O3S/c15-10-9-7-1-2-12(16-3-4-17-12)5-8(7)18-11(9)14-6-13-10/h3-4,6H,1-2,5H2,(H,13,14,15). The summed E-state index contributed by atoms with van der Waals surface area (Å²) in [6.07, 6.45) is 6.84. The first-order valence-electron chi connectivity index (χ1n) is 5.76. The summed E-state index contributed by atoms with van der Waals surface area (Å²) in [5, 5.41) is 0.735. The minimum atomic E-state index is -0.555. The molecule has 1 spiro atoms. The van der Waals surface area contributed by atoms with E-state index in [1.165, 1.54) is 6.33 Å². The first-order chi connectivity index (χ1) is 8.77. The smallest absolute Gasteiger partial charge is 0.259 e. The topological polar surface area (TPSA) is 64.2 Å².